The molecule has 0 radical (unpaired) electrons. The summed E-state index contributed by atoms with van der Waals surface area (Å²) in [4.78, 5) is 12.2. The van der Waals surface area contributed by atoms with E-state index in [-0.39, 0.29) is 23.9 Å². The first-order valence-corrected chi connectivity index (χ1v) is 6.66. The van der Waals surface area contributed by atoms with E-state index < -0.39 is 0 Å². The Balaban J connectivity index is 2.07. The molecule has 0 amide bonds. The molecule has 18 heavy (non-hydrogen) atoms. The second-order valence-corrected chi connectivity index (χ2v) is 5.32. The van der Waals surface area contributed by atoms with Crippen LogP contribution in [0, 0.1) is 17.7 Å². The molecule has 1 saturated carbocycles. The lowest BCUT2D eigenvalue weighted by atomic mass is 9.89. The first-order valence-electron chi connectivity index (χ1n) is 6.28. The third-order valence-corrected chi connectivity index (χ3v) is 4.11. The van der Waals surface area contributed by atoms with Gasteiger partial charge in [-0.15, -0.1) is 0 Å². The molecular weight excluding hydrogens is 253 g/mol. The van der Waals surface area contributed by atoms with E-state index in [0.29, 0.717) is 23.0 Å². The molecule has 1 aromatic carbocycles. The summed E-state index contributed by atoms with van der Waals surface area (Å²) in [5, 5.41) is 0.325. The molecule has 1 aliphatic carbocycles. The van der Waals surface area contributed by atoms with Crippen LogP contribution in [-0.4, -0.2) is 12.3 Å². The molecule has 2 atom stereocenters. The molecule has 0 bridgehead atoms. The van der Waals surface area contributed by atoms with Gasteiger partial charge < -0.3 is 5.73 Å². The zero-order chi connectivity index (χ0) is 13.1. The Bertz CT molecular complexity index is 449. The Morgan fingerprint density at radius 3 is 2.89 bits per heavy atom. The van der Waals surface area contributed by atoms with Gasteiger partial charge in [0.05, 0.1) is 0 Å². The van der Waals surface area contributed by atoms with Gasteiger partial charge in [-0.1, -0.05) is 24.1 Å². The molecule has 1 fully saturated rings. The van der Waals surface area contributed by atoms with Crippen molar-refractivity contribution >= 4 is 17.4 Å². The largest absolute Gasteiger partial charge is 0.330 e. The minimum atomic E-state index is -0.378. The number of Topliss-reactive ketones (excluding diaryl/α,β-unsaturated/α-hetero) is 1. The van der Waals surface area contributed by atoms with Crippen molar-refractivity contribution in [1.29, 1.82) is 0 Å². The molecule has 0 spiro atoms. The van der Waals surface area contributed by atoms with E-state index in [9.17, 15) is 9.18 Å². The van der Waals surface area contributed by atoms with Gasteiger partial charge in [-0.2, -0.15) is 0 Å². The standard InChI is InChI=1S/C14H17ClFNO/c15-13-7-11(16)5-4-9(13)6-14(18)12-3-1-2-10(12)8-17/h4-5,7,10,12H,1-3,6,8,17H2. The maximum absolute atomic E-state index is 12.9. The van der Waals surface area contributed by atoms with Gasteiger partial charge in [0.25, 0.3) is 0 Å². The van der Waals surface area contributed by atoms with Crippen LogP contribution in [0.4, 0.5) is 4.39 Å². The van der Waals surface area contributed by atoms with Crippen LogP contribution in [-0.2, 0) is 11.2 Å². The number of ketones is 1. The summed E-state index contributed by atoms with van der Waals surface area (Å²) in [6.07, 6.45) is 3.29. The van der Waals surface area contributed by atoms with Crippen LogP contribution in [0.25, 0.3) is 0 Å². The quantitative estimate of drug-likeness (QED) is 0.913. The number of rotatable bonds is 4. The SMILES string of the molecule is NCC1CCCC1C(=O)Cc1ccc(F)cc1Cl. The molecule has 4 heteroatoms. The van der Waals surface area contributed by atoms with Crippen molar-refractivity contribution in [3.8, 4) is 0 Å². The van der Waals surface area contributed by atoms with Crippen LogP contribution in [0.1, 0.15) is 24.8 Å². The average molecular weight is 270 g/mol. The molecule has 0 heterocycles. The number of hydrogen-bond donors (Lipinski definition) is 1. The lowest BCUT2D eigenvalue weighted by Gasteiger charge is -2.16. The second-order valence-electron chi connectivity index (χ2n) is 4.91. The smallest absolute Gasteiger partial charge is 0.140 e. The van der Waals surface area contributed by atoms with Crippen molar-refractivity contribution in [2.75, 3.05) is 6.54 Å². The van der Waals surface area contributed by atoms with E-state index >= 15 is 0 Å². The first-order chi connectivity index (χ1) is 8.61. The molecule has 98 valence electrons. The highest BCUT2D eigenvalue weighted by Gasteiger charge is 2.31. The fourth-order valence-corrected chi connectivity index (χ4v) is 2.96. The Morgan fingerprint density at radius 1 is 1.44 bits per heavy atom. The minimum absolute atomic E-state index is 0.0520. The van der Waals surface area contributed by atoms with Crippen LogP contribution >= 0.6 is 11.6 Å². The lowest BCUT2D eigenvalue weighted by Crippen LogP contribution is -2.26. The predicted octanol–water partition coefficient (Wildman–Crippen LogP) is 2.97. The molecule has 1 aromatic rings. The van der Waals surface area contributed by atoms with Gasteiger partial charge in [0.1, 0.15) is 11.6 Å². The van der Waals surface area contributed by atoms with Gasteiger partial charge in [-0.3, -0.25) is 4.79 Å². The second kappa shape index (κ2) is 5.81. The van der Waals surface area contributed by atoms with Gasteiger partial charge in [0, 0.05) is 17.4 Å². The van der Waals surface area contributed by atoms with Crippen LogP contribution in [0.2, 0.25) is 5.02 Å². The van der Waals surface area contributed by atoms with Gasteiger partial charge in [-0.05, 0) is 43.0 Å². The molecule has 0 aromatic heterocycles. The molecular formula is C14H17ClFNO. The topological polar surface area (TPSA) is 43.1 Å². The molecule has 2 N–H and O–H groups in total. The highest BCUT2D eigenvalue weighted by Crippen LogP contribution is 2.33. The van der Waals surface area contributed by atoms with E-state index in [2.05, 4.69) is 0 Å². The lowest BCUT2D eigenvalue weighted by molar-refractivity contribution is -0.123. The molecule has 2 rings (SSSR count). The van der Waals surface area contributed by atoms with Crippen LogP contribution < -0.4 is 5.73 Å². The van der Waals surface area contributed by atoms with Gasteiger partial charge >= 0.3 is 0 Å². The Hall–Kier alpha value is -0.930. The predicted molar refractivity (Wildman–Crippen MR) is 70.0 cm³/mol. The maximum Gasteiger partial charge on any atom is 0.140 e. The van der Waals surface area contributed by atoms with Crippen LogP contribution in [0.15, 0.2) is 18.2 Å². The monoisotopic (exact) mass is 269 g/mol. The Morgan fingerprint density at radius 2 is 2.22 bits per heavy atom. The summed E-state index contributed by atoms with van der Waals surface area (Å²) in [5.41, 5.74) is 6.38. The normalized spacial score (nSPS) is 23.3. The minimum Gasteiger partial charge on any atom is -0.330 e. The van der Waals surface area contributed by atoms with Crippen molar-refractivity contribution in [2.45, 2.75) is 25.7 Å². The number of nitrogens with two attached hydrogens (primary N) is 1. The van der Waals surface area contributed by atoms with Crippen molar-refractivity contribution in [1.82, 2.24) is 0 Å². The summed E-state index contributed by atoms with van der Waals surface area (Å²) in [5.74, 6) is 0.154. The molecule has 0 aliphatic heterocycles. The first kappa shape index (κ1) is 13.5. The van der Waals surface area contributed by atoms with Crippen molar-refractivity contribution in [2.24, 2.45) is 17.6 Å². The highest BCUT2D eigenvalue weighted by atomic mass is 35.5. The zero-order valence-electron chi connectivity index (χ0n) is 10.2. The molecule has 2 nitrogen and oxygen atoms in total. The number of hydrogen-bond acceptors (Lipinski definition) is 2. The number of benzene rings is 1. The van der Waals surface area contributed by atoms with Crippen molar-refractivity contribution in [3.05, 3.63) is 34.6 Å². The third kappa shape index (κ3) is 2.90. The summed E-state index contributed by atoms with van der Waals surface area (Å²) < 4.78 is 12.9. The van der Waals surface area contributed by atoms with E-state index in [1.54, 1.807) is 6.07 Å². The van der Waals surface area contributed by atoms with Crippen LogP contribution in [0.5, 0.6) is 0 Å². The van der Waals surface area contributed by atoms with Crippen LogP contribution in [0.3, 0.4) is 0 Å². The van der Waals surface area contributed by atoms with E-state index in [4.69, 9.17) is 17.3 Å². The molecule has 2 unspecified atom stereocenters. The summed E-state index contributed by atoms with van der Waals surface area (Å²) in [6.45, 7) is 0.563. The molecule has 0 saturated heterocycles. The highest BCUT2D eigenvalue weighted by molar-refractivity contribution is 6.31. The van der Waals surface area contributed by atoms with Gasteiger partial charge in [-0.25, -0.2) is 4.39 Å². The number of carbonyl (C=O) groups is 1. The Kier molecular flexibility index (Phi) is 4.36. The maximum atomic E-state index is 12.9. The third-order valence-electron chi connectivity index (χ3n) is 3.76. The fourth-order valence-electron chi connectivity index (χ4n) is 2.73. The van der Waals surface area contributed by atoms with Gasteiger partial charge in [0.15, 0.2) is 0 Å². The summed E-state index contributed by atoms with van der Waals surface area (Å²) in [7, 11) is 0. The summed E-state index contributed by atoms with van der Waals surface area (Å²) in [6, 6.07) is 4.17. The van der Waals surface area contributed by atoms with Crippen molar-refractivity contribution < 1.29 is 9.18 Å². The zero-order valence-corrected chi connectivity index (χ0v) is 10.9. The van der Waals surface area contributed by atoms with E-state index in [1.165, 1.54) is 12.1 Å². The number of carbonyl (C=O) groups excluding carboxylic acids is 1. The fraction of sp³-hybridized carbons (Fsp3) is 0.500. The Labute approximate surface area is 111 Å². The van der Waals surface area contributed by atoms with Gasteiger partial charge in [0.2, 0.25) is 0 Å². The van der Waals surface area contributed by atoms with E-state index in [1.807, 2.05) is 0 Å². The van der Waals surface area contributed by atoms with Crippen molar-refractivity contribution in [3.63, 3.8) is 0 Å². The average Bonchev–Trinajstić information content (AvgIpc) is 2.81. The molecule has 1 aliphatic rings. The number of halogens is 2. The van der Waals surface area contributed by atoms with E-state index in [0.717, 1.165) is 19.3 Å². The summed E-state index contributed by atoms with van der Waals surface area (Å²) >= 11 is 5.93.